The van der Waals surface area contributed by atoms with E-state index < -0.39 is 11.7 Å². The van der Waals surface area contributed by atoms with Crippen molar-refractivity contribution in [2.75, 3.05) is 5.32 Å². The van der Waals surface area contributed by atoms with Gasteiger partial charge < -0.3 is 10.4 Å². The zero-order valence-corrected chi connectivity index (χ0v) is 15.0. The van der Waals surface area contributed by atoms with Crippen LogP contribution in [0.1, 0.15) is 22.4 Å². The van der Waals surface area contributed by atoms with E-state index >= 15 is 0 Å². The fourth-order valence-corrected chi connectivity index (χ4v) is 3.09. The molecule has 0 aliphatic rings. The molecule has 0 aliphatic carbocycles. The summed E-state index contributed by atoms with van der Waals surface area (Å²) in [6.07, 6.45) is -4.37. The minimum Gasteiger partial charge on any atom is -0.506 e. The lowest BCUT2D eigenvalue weighted by Gasteiger charge is -2.11. The van der Waals surface area contributed by atoms with Crippen molar-refractivity contribution in [1.29, 1.82) is 0 Å². The number of hydrogen-bond acceptors (Lipinski definition) is 6. The van der Waals surface area contributed by atoms with Crippen molar-refractivity contribution in [3.05, 3.63) is 46.6 Å². The number of hydrogen-bond donors (Lipinski definition) is 2. The van der Waals surface area contributed by atoms with Gasteiger partial charge in [0.05, 0.1) is 11.3 Å². The van der Waals surface area contributed by atoms with Gasteiger partial charge in [0, 0.05) is 5.56 Å². The van der Waals surface area contributed by atoms with Gasteiger partial charge in [0.2, 0.25) is 5.13 Å². The van der Waals surface area contributed by atoms with Crippen LogP contribution in [0, 0.1) is 20.8 Å². The lowest BCUT2D eigenvalue weighted by molar-refractivity contribution is -0.137. The van der Waals surface area contributed by atoms with Crippen LogP contribution in [-0.2, 0) is 6.18 Å². The fourth-order valence-electron chi connectivity index (χ4n) is 2.35. The Hall–Kier alpha value is -2.68. The molecule has 0 aliphatic heterocycles. The topological polar surface area (TPSA) is 70.9 Å². The van der Waals surface area contributed by atoms with Gasteiger partial charge in [0.25, 0.3) is 0 Å². The molecule has 0 fully saturated rings. The summed E-state index contributed by atoms with van der Waals surface area (Å²) in [5.74, 6) is 0.698. The third kappa shape index (κ3) is 3.48. The maximum absolute atomic E-state index is 12.6. The zero-order valence-electron chi connectivity index (χ0n) is 14.1. The minimum absolute atomic E-state index is 0.149. The first-order chi connectivity index (χ1) is 12.2. The first-order valence-electron chi connectivity index (χ1n) is 7.61. The van der Waals surface area contributed by atoms with Crippen LogP contribution >= 0.6 is 11.3 Å². The molecule has 5 nitrogen and oxygen atoms in total. The molecule has 0 spiro atoms. The summed E-state index contributed by atoms with van der Waals surface area (Å²) in [7, 11) is 0. The van der Waals surface area contributed by atoms with E-state index in [0.717, 1.165) is 17.7 Å². The summed E-state index contributed by atoms with van der Waals surface area (Å²) in [6, 6.07) is 4.77. The van der Waals surface area contributed by atoms with Crippen LogP contribution in [0.3, 0.4) is 0 Å². The number of aryl methyl sites for hydroxylation is 1. The number of aromatic hydroxyl groups is 1. The van der Waals surface area contributed by atoms with Crippen molar-refractivity contribution in [1.82, 2.24) is 15.2 Å². The molecule has 2 N–H and O–H groups in total. The fraction of sp³-hybridized carbons (Fsp3) is 0.235. The molecule has 0 atom stereocenters. The van der Waals surface area contributed by atoms with Crippen LogP contribution in [-0.4, -0.2) is 20.3 Å². The number of benzene rings is 1. The maximum atomic E-state index is 12.6. The van der Waals surface area contributed by atoms with Gasteiger partial charge in [-0.3, -0.25) is 0 Å². The number of halogens is 3. The first kappa shape index (κ1) is 18.1. The number of anilines is 2. The predicted molar refractivity (Wildman–Crippen MR) is 93.7 cm³/mol. The Balaban J connectivity index is 1.85. The van der Waals surface area contributed by atoms with Crippen LogP contribution in [0.5, 0.6) is 5.75 Å². The Labute approximate surface area is 151 Å². The van der Waals surface area contributed by atoms with Crippen molar-refractivity contribution in [3.63, 3.8) is 0 Å². The van der Waals surface area contributed by atoms with Crippen molar-refractivity contribution in [2.24, 2.45) is 0 Å². The quantitative estimate of drug-likeness (QED) is 0.670. The van der Waals surface area contributed by atoms with Crippen LogP contribution in [0.2, 0.25) is 0 Å². The Bertz CT molecular complexity index is 952. The normalized spacial score (nSPS) is 11.6. The summed E-state index contributed by atoms with van der Waals surface area (Å²) in [6.45, 7) is 5.31. The Morgan fingerprint density at radius 3 is 2.27 bits per heavy atom. The molecule has 1 aromatic carbocycles. The van der Waals surface area contributed by atoms with E-state index in [4.69, 9.17) is 0 Å². The van der Waals surface area contributed by atoms with E-state index in [-0.39, 0.29) is 5.75 Å². The van der Waals surface area contributed by atoms with Gasteiger partial charge in [-0.2, -0.15) is 13.2 Å². The molecule has 0 unspecified atom stereocenters. The monoisotopic (exact) mass is 380 g/mol. The Morgan fingerprint density at radius 1 is 1.00 bits per heavy atom. The van der Waals surface area contributed by atoms with E-state index in [0.29, 0.717) is 32.8 Å². The highest BCUT2D eigenvalue weighted by molar-refractivity contribution is 7.18. The van der Waals surface area contributed by atoms with E-state index in [1.54, 1.807) is 13.8 Å². The summed E-state index contributed by atoms with van der Waals surface area (Å²) in [4.78, 5) is 4.30. The van der Waals surface area contributed by atoms with Gasteiger partial charge in [0.15, 0.2) is 0 Å². The van der Waals surface area contributed by atoms with E-state index in [2.05, 4.69) is 20.5 Å². The molecular formula is C17H15F3N4OS. The van der Waals surface area contributed by atoms with Gasteiger partial charge >= 0.3 is 6.18 Å². The van der Waals surface area contributed by atoms with Crippen LogP contribution in [0.25, 0.3) is 10.6 Å². The number of nitrogens with zero attached hydrogens (tertiary/aromatic N) is 3. The van der Waals surface area contributed by atoms with Gasteiger partial charge in [-0.15, -0.1) is 10.2 Å². The van der Waals surface area contributed by atoms with Gasteiger partial charge in [-0.05, 0) is 44.0 Å². The molecular weight excluding hydrogens is 365 g/mol. The molecule has 0 bridgehead atoms. The van der Waals surface area contributed by atoms with E-state index in [9.17, 15) is 18.3 Å². The summed E-state index contributed by atoms with van der Waals surface area (Å²) >= 11 is 1.20. The third-order valence-electron chi connectivity index (χ3n) is 4.00. The molecule has 9 heteroatoms. The average molecular weight is 380 g/mol. The standard InChI is InChI=1S/C17H15F3N4OS/c1-8-9(2)14(21-10(3)13(8)25)22-16-24-23-15(26-16)11-4-6-12(7-5-11)17(18,19)20/h4-7,25H,1-3H3,(H,21,22,24). The van der Waals surface area contributed by atoms with Gasteiger partial charge in [0.1, 0.15) is 16.6 Å². The average Bonchev–Trinajstić information content (AvgIpc) is 3.06. The van der Waals surface area contributed by atoms with Gasteiger partial charge in [-0.1, -0.05) is 23.5 Å². The van der Waals surface area contributed by atoms with E-state index in [1.807, 2.05) is 6.92 Å². The molecule has 0 saturated heterocycles. The number of alkyl halides is 3. The van der Waals surface area contributed by atoms with Gasteiger partial charge in [-0.25, -0.2) is 4.98 Å². The number of nitrogens with one attached hydrogen (secondary N) is 1. The Kier molecular flexibility index (Phi) is 4.57. The van der Waals surface area contributed by atoms with E-state index in [1.165, 1.54) is 23.5 Å². The second-order valence-electron chi connectivity index (χ2n) is 5.76. The molecule has 3 aromatic rings. The van der Waals surface area contributed by atoms with Crippen molar-refractivity contribution in [2.45, 2.75) is 26.9 Å². The smallest absolute Gasteiger partial charge is 0.416 e. The number of aromatic nitrogens is 3. The predicted octanol–water partition coefficient (Wildman–Crippen LogP) is 4.99. The van der Waals surface area contributed by atoms with Crippen LogP contribution < -0.4 is 5.32 Å². The summed E-state index contributed by atoms with van der Waals surface area (Å²) < 4.78 is 37.9. The Morgan fingerprint density at radius 2 is 1.65 bits per heavy atom. The first-order valence-corrected chi connectivity index (χ1v) is 8.43. The molecule has 26 heavy (non-hydrogen) atoms. The zero-order chi connectivity index (χ0) is 19.1. The highest BCUT2D eigenvalue weighted by Gasteiger charge is 2.30. The van der Waals surface area contributed by atoms with Crippen molar-refractivity contribution in [3.8, 4) is 16.3 Å². The van der Waals surface area contributed by atoms with Crippen molar-refractivity contribution < 1.29 is 18.3 Å². The molecule has 2 aromatic heterocycles. The third-order valence-corrected chi connectivity index (χ3v) is 4.89. The number of rotatable bonds is 3. The maximum Gasteiger partial charge on any atom is 0.416 e. The second kappa shape index (κ2) is 6.56. The number of pyridine rings is 1. The molecule has 0 radical (unpaired) electrons. The lowest BCUT2D eigenvalue weighted by atomic mass is 10.1. The molecule has 3 rings (SSSR count). The largest absolute Gasteiger partial charge is 0.506 e. The summed E-state index contributed by atoms with van der Waals surface area (Å²) in [5.41, 5.74) is 1.82. The molecule has 136 valence electrons. The second-order valence-corrected chi connectivity index (χ2v) is 6.73. The molecule has 0 saturated carbocycles. The van der Waals surface area contributed by atoms with Crippen LogP contribution in [0.4, 0.5) is 24.1 Å². The highest BCUT2D eigenvalue weighted by atomic mass is 32.1. The minimum atomic E-state index is -4.37. The molecule has 0 amide bonds. The summed E-state index contributed by atoms with van der Waals surface area (Å²) in [5, 5.41) is 21.9. The van der Waals surface area contributed by atoms with Crippen LogP contribution in [0.15, 0.2) is 24.3 Å². The molecule has 2 heterocycles. The SMILES string of the molecule is Cc1nc(Nc2nnc(-c3ccc(C(F)(F)F)cc3)s2)c(C)c(C)c1O. The van der Waals surface area contributed by atoms with Crippen molar-refractivity contribution >= 4 is 22.3 Å². The highest BCUT2D eigenvalue weighted by Crippen LogP contribution is 2.34. The lowest BCUT2D eigenvalue weighted by Crippen LogP contribution is -2.03.